The highest BCUT2D eigenvalue weighted by molar-refractivity contribution is 7.21. The average Bonchev–Trinajstić information content (AvgIpc) is 2.81. The first-order chi connectivity index (χ1) is 8.76. The van der Waals surface area contributed by atoms with Crippen LogP contribution >= 0.6 is 11.3 Å². The summed E-state index contributed by atoms with van der Waals surface area (Å²) in [6.45, 7) is 2.09. The van der Waals surface area contributed by atoms with E-state index in [1.54, 1.807) is 23.5 Å². The molecule has 3 aromatic rings. The largest absolute Gasteiger partial charge is 0.508 e. The quantitative estimate of drug-likeness (QED) is 0.761. The van der Waals surface area contributed by atoms with Crippen LogP contribution in [0.4, 0.5) is 0 Å². The molecule has 0 bridgehead atoms. The fourth-order valence-corrected chi connectivity index (χ4v) is 2.79. The summed E-state index contributed by atoms with van der Waals surface area (Å²) in [5.41, 5.74) is 3.01. The minimum absolute atomic E-state index is 0.275. The SMILES string of the molecule is CCc1ccc(-c2nc3ccc(O)cc3s2)cn1. The van der Waals surface area contributed by atoms with Gasteiger partial charge in [-0.2, -0.15) is 0 Å². The van der Waals surface area contributed by atoms with Gasteiger partial charge in [0.25, 0.3) is 0 Å². The maximum absolute atomic E-state index is 9.44. The fourth-order valence-electron chi connectivity index (χ4n) is 1.80. The van der Waals surface area contributed by atoms with Crippen LogP contribution in [-0.2, 0) is 6.42 Å². The molecule has 0 radical (unpaired) electrons. The van der Waals surface area contributed by atoms with Crippen molar-refractivity contribution in [3.63, 3.8) is 0 Å². The monoisotopic (exact) mass is 256 g/mol. The van der Waals surface area contributed by atoms with E-state index < -0.39 is 0 Å². The Morgan fingerprint density at radius 1 is 1.22 bits per heavy atom. The molecule has 0 aliphatic carbocycles. The molecule has 2 heterocycles. The molecule has 0 spiro atoms. The lowest BCUT2D eigenvalue weighted by atomic mass is 10.2. The number of hydrogen-bond acceptors (Lipinski definition) is 4. The van der Waals surface area contributed by atoms with E-state index >= 15 is 0 Å². The zero-order valence-electron chi connectivity index (χ0n) is 9.92. The number of thiazole rings is 1. The van der Waals surface area contributed by atoms with Crippen LogP contribution in [0.3, 0.4) is 0 Å². The summed E-state index contributed by atoms with van der Waals surface area (Å²) in [6, 6.07) is 9.30. The van der Waals surface area contributed by atoms with Gasteiger partial charge in [-0.25, -0.2) is 4.98 Å². The van der Waals surface area contributed by atoms with Crippen molar-refractivity contribution in [1.29, 1.82) is 0 Å². The molecule has 0 amide bonds. The van der Waals surface area contributed by atoms with E-state index in [1.165, 1.54) is 0 Å². The van der Waals surface area contributed by atoms with Crippen molar-refractivity contribution in [1.82, 2.24) is 9.97 Å². The summed E-state index contributed by atoms with van der Waals surface area (Å²) in [5, 5.41) is 10.4. The van der Waals surface area contributed by atoms with Crippen molar-refractivity contribution in [2.45, 2.75) is 13.3 Å². The Labute approximate surface area is 109 Å². The van der Waals surface area contributed by atoms with Crippen molar-refractivity contribution in [3.8, 4) is 16.3 Å². The summed E-state index contributed by atoms with van der Waals surface area (Å²) in [5.74, 6) is 0.275. The second-order valence-corrected chi connectivity index (χ2v) is 5.09. The van der Waals surface area contributed by atoms with Crippen molar-refractivity contribution in [3.05, 3.63) is 42.2 Å². The van der Waals surface area contributed by atoms with Crippen LogP contribution in [0.25, 0.3) is 20.8 Å². The van der Waals surface area contributed by atoms with Crippen LogP contribution in [0.1, 0.15) is 12.6 Å². The number of nitrogens with zero attached hydrogens (tertiary/aromatic N) is 2. The normalized spacial score (nSPS) is 10.9. The lowest BCUT2D eigenvalue weighted by Crippen LogP contribution is -1.86. The molecule has 0 atom stereocenters. The molecule has 0 unspecified atom stereocenters. The Kier molecular flexibility index (Phi) is 2.72. The minimum atomic E-state index is 0.275. The average molecular weight is 256 g/mol. The van der Waals surface area contributed by atoms with Crippen LogP contribution in [0, 0.1) is 0 Å². The summed E-state index contributed by atoms with van der Waals surface area (Å²) < 4.78 is 0.990. The van der Waals surface area contributed by atoms with Gasteiger partial charge in [0.1, 0.15) is 10.8 Å². The number of benzene rings is 1. The molecular formula is C14H12N2OS. The number of pyridine rings is 1. The van der Waals surface area contributed by atoms with Crippen LogP contribution in [-0.4, -0.2) is 15.1 Å². The molecule has 18 heavy (non-hydrogen) atoms. The van der Waals surface area contributed by atoms with E-state index in [-0.39, 0.29) is 5.75 Å². The lowest BCUT2D eigenvalue weighted by Gasteiger charge is -1.97. The third-order valence-electron chi connectivity index (χ3n) is 2.81. The van der Waals surface area contributed by atoms with E-state index in [1.807, 2.05) is 24.4 Å². The third kappa shape index (κ3) is 1.95. The van der Waals surface area contributed by atoms with Crippen LogP contribution in [0.2, 0.25) is 0 Å². The number of fused-ring (bicyclic) bond motifs is 1. The number of aromatic hydroxyl groups is 1. The lowest BCUT2D eigenvalue weighted by molar-refractivity contribution is 0.476. The number of phenolic OH excluding ortho intramolecular Hbond substituents is 1. The first-order valence-corrected chi connectivity index (χ1v) is 6.63. The van der Waals surface area contributed by atoms with Gasteiger partial charge < -0.3 is 5.11 Å². The molecule has 0 fully saturated rings. The van der Waals surface area contributed by atoms with Gasteiger partial charge >= 0.3 is 0 Å². The van der Waals surface area contributed by atoms with Gasteiger partial charge in [0, 0.05) is 17.5 Å². The molecule has 3 rings (SSSR count). The third-order valence-corrected chi connectivity index (χ3v) is 3.87. The Balaban J connectivity index is 2.07. The van der Waals surface area contributed by atoms with E-state index in [2.05, 4.69) is 16.9 Å². The van der Waals surface area contributed by atoms with Gasteiger partial charge in [0.05, 0.1) is 10.2 Å². The van der Waals surface area contributed by atoms with Gasteiger partial charge in [-0.3, -0.25) is 4.98 Å². The zero-order valence-corrected chi connectivity index (χ0v) is 10.7. The van der Waals surface area contributed by atoms with Crippen molar-refractivity contribution in [2.24, 2.45) is 0 Å². The minimum Gasteiger partial charge on any atom is -0.508 e. The summed E-state index contributed by atoms with van der Waals surface area (Å²) >= 11 is 1.57. The number of aryl methyl sites for hydroxylation is 1. The molecule has 1 N–H and O–H groups in total. The van der Waals surface area contributed by atoms with E-state index in [4.69, 9.17) is 0 Å². The maximum atomic E-state index is 9.44. The van der Waals surface area contributed by atoms with Crippen molar-refractivity contribution in [2.75, 3.05) is 0 Å². The highest BCUT2D eigenvalue weighted by Gasteiger charge is 2.07. The predicted octanol–water partition coefficient (Wildman–Crippen LogP) is 3.63. The van der Waals surface area contributed by atoms with Crippen LogP contribution in [0.5, 0.6) is 5.75 Å². The van der Waals surface area contributed by atoms with Gasteiger partial charge in [0.15, 0.2) is 0 Å². The fraction of sp³-hybridized carbons (Fsp3) is 0.143. The molecule has 90 valence electrons. The molecule has 0 saturated heterocycles. The topological polar surface area (TPSA) is 46.0 Å². The molecule has 0 aliphatic heterocycles. The number of hydrogen-bond donors (Lipinski definition) is 1. The molecule has 1 aromatic carbocycles. The van der Waals surface area contributed by atoms with Crippen LogP contribution in [0.15, 0.2) is 36.5 Å². The first-order valence-electron chi connectivity index (χ1n) is 5.81. The molecule has 2 aromatic heterocycles. The van der Waals surface area contributed by atoms with Gasteiger partial charge in [-0.05, 0) is 36.8 Å². The molecule has 0 aliphatic rings. The summed E-state index contributed by atoms with van der Waals surface area (Å²) in [4.78, 5) is 8.93. The highest BCUT2D eigenvalue weighted by Crippen LogP contribution is 2.31. The second-order valence-electron chi connectivity index (χ2n) is 4.06. The predicted molar refractivity (Wildman–Crippen MR) is 73.9 cm³/mol. The van der Waals surface area contributed by atoms with E-state index in [9.17, 15) is 5.11 Å². The Morgan fingerprint density at radius 3 is 2.83 bits per heavy atom. The van der Waals surface area contributed by atoms with E-state index in [0.29, 0.717) is 0 Å². The Morgan fingerprint density at radius 2 is 2.11 bits per heavy atom. The zero-order chi connectivity index (χ0) is 12.5. The van der Waals surface area contributed by atoms with Crippen molar-refractivity contribution >= 4 is 21.6 Å². The second kappa shape index (κ2) is 4.38. The molecule has 4 heteroatoms. The first kappa shape index (κ1) is 11.2. The smallest absolute Gasteiger partial charge is 0.126 e. The summed E-state index contributed by atoms with van der Waals surface area (Å²) in [7, 11) is 0. The number of phenols is 1. The Hall–Kier alpha value is -1.94. The molecule has 0 saturated carbocycles. The van der Waals surface area contributed by atoms with Gasteiger partial charge in [-0.1, -0.05) is 6.92 Å². The van der Waals surface area contributed by atoms with Gasteiger partial charge in [0.2, 0.25) is 0 Å². The van der Waals surface area contributed by atoms with E-state index in [0.717, 1.165) is 32.9 Å². The van der Waals surface area contributed by atoms with Crippen LogP contribution < -0.4 is 0 Å². The Bertz CT molecular complexity index is 689. The number of aromatic nitrogens is 2. The standard InChI is InChI=1S/C14H12N2OS/c1-2-10-4-3-9(8-15-10)14-16-12-6-5-11(17)7-13(12)18-14/h3-8,17H,2H2,1H3. The number of rotatable bonds is 2. The molecular weight excluding hydrogens is 244 g/mol. The summed E-state index contributed by atoms with van der Waals surface area (Å²) in [6.07, 6.45) is 2.80. The van der Waals surface area contributed by atoms with Crippen molar-refractivity contribution < 1.29 is 5.11 Å². The highest BCUT2D eigenvalue weighted by atomic mass is 32.1. The maximum Gasteiger partial charge on any atom is 0.126 e. The molecule has 3 nitrogen and oxygen atoms in total. The van der Waals surface area contributed by atoms with Gasteiger partial charge in [-0.15, -0.1) is 11.3 Å².